The zero-order valence-electron chi connectivity index (χ0n) is 15.8. The minimum atomic E-state index is -0.284. The molecule has 0 saturated carbocycles. The molecule has 1 heterocycles. The van der Waals surface area contributed by atoms with Gasteiger partial charge >= 0.3 is 0 Å². The van der Waals surface area contributed by atoms with Gasteiger partial charge in [-0.2, -0.15) is 5.10 Å². The summed E-state index contributed by atoms with van der Waals surface area (Å²) in [6.45, 7) is 2.21. The Bertz CT molecular complexity index is 937. The maximum atomic E-state index is 12.8. The van der Waals surface area contributed by atoms with Crippen LogP contribution in [0.1, 0.15) is 17.3 Å². The van der Waals surface area contributed by atoms with Crippen LogP contribution in [0.15, 0.2) is 67.0 Å². The average molecular weight is 378 g/mol. The molecule has 0 aliphatic heterocycles. The molecule has 0 fully saturated rings. The summed E-state index contributed by atoms with van der Waals surface area (Å²) in [7, 11) is 1.54. The molecule has 0 bridgehead atoms. The maximum absolute atomic E-state index is 12.8. The molecule has 144 valence electrons. The Morgan fingerprint density at radius 3 is 2.50 bits per heavy atom. The van der Waals surface area contributed by atoms with Gasteiger partial charge in [-0.1, -0.05) is 12.1 Å². The van der Waals surface area contributed by atoms with Gasteiger partial charge in [0.05, 0.1) is 18.5 Å². The lowest BCUT2D eigenvalue weighted by Gasteiger charge is -2.21. The van der Waals surface area contributed by atoms with Crippen molar-refractivity contribution in [3.05, 3.63) is 72.6 Å². The van der Waals surface area contributed by atoms with Crippen LogP contribution in [0.2, 0.25) is 0 Å². The summed E-state index contributed by atoms with van der Waals surface area (Å²) in [4.78, 5) is 26.7. The van der Waals surface area contributed by atoms with Crippen LogP contribution in [0.4, 0.5) is 5.69 Å². The number of hydrogen-bond acceptors (Lipinski definition) is 4. The highest BCUT2D eigenvalue weighted by Gasteiger charge is 2.18. The molecule has 3 rings (SSSR count). The Kier molecular flexibility index (Phi) is 6.06. The largest absolute Gasteiger partial charge is 0.495 e. The molecule has 0 saturated heterocycles. The number of nitrogens with one attached hydrogen (secondary N) is 1. The second kappa shape index (κ2) is 8.85. The molecular weight excluding hydrogens is 356 g/mol. The minimum Gasteiger partial charge on any atom is -0.495 e. The number of aromatic nitrogens is 2. The number of carbonyl (C=O) groups is 2. The van der Waals surface area contributed by atoms with Crippen molar-refractivity contribution >= 4 is 17.5 Å². The lowest BCUT2D eigenvalue weighted by atomic mass is 10.1. The molecule has 0 aliphatic rings. The number of nitrogens with zero attached hydrogens (tertiary/aromatic N) is 3. The first-order chi connectivity index (χ1) is 13.6. The van der Waals surface area contributed by atoms with Gasteiger partial charge in [0.15, 0.2) is 0 Å². The number of anilines is 1. The zero-order valence-corrected chi connectivity index (χ0v) is 15.8. The molecule has 0 unspecified atom stereocenters. The van der Waals surface area contributed by atoms with Crippen LogP contribution >= 0.6 is 0 Å². The van der Waals surface area contributed by atoms with Gasteiger partial charge in [0, 0.05) is 24.5 Å². The molecule has 2 amide bonds. The molecular formula is C21H22N4O3. The molecule has 1 N–H and O–H groups in total. The van der Waals surface area contributed by atoms with E-state index in [0.29, 0.717) is 23.5 Å². The minimum absolute atomic E-state index is 0.0473. The first kappa shape index (κ1) is 19.2. The van der Waals surface area contributed by atoms with E-state index >= 15 is 0 Å². The molecule has 28 heavy (non-hydrogen) atoms. The predicted molar refractivity (Wildman–Crippen MR) is 107 cm³/mol. The van der Waals surface area contributed by atoms with E-state index in [0.717, 1.165) is 5.69 Å². The fourth-order valence-corrected chi connectivity index (χ4v) is 2.80. The zero-order chi connectivity index (χ0) is 19.9. The number of methoxy groups -OCH3 is 1. The third-order valence-corrected chi connectivity index (χ3v) is 4.27. The molecule has 0 atom stereocenters. The summed E-state index contributed by atoms with van der Waals surface area (Å²) in [5.41, 5.74) is 1.95. The van der Waals surface area contributed by atoms with E-state index in [9.17, 15) is 9.59 Å². The van der Waals surface area contributed by atoms with Crippen molar-refractivity contribution in [2.75, 3.05) is 25.5 Å². The number of hydrogen-bond donors (Lipinski definition) is 1. The first-order valence-electron chi connectivity index (χ1n) is 8.94. The number of ether oxygens (including phenoxy) is 1. The Morgan fingerprint density at radius 1 is 1.11 bits per heavy atom. The van der Waals surface area contributed by atoms with Crippen LogP contribution in [0.3, 0.4) is 0 Å². The molecule has 7 heteroatoms. The lowest BCUT2D eigenvalue weighted by Crippen LogP contribution is -2.37. The topological polar surface area (TPSA) is 76.5 Å². The van der Waals surface area contributed by atoms with Crippen LogP contribution in [-0.4, -0.2) is 46.7 Å². The Morgan fingerprint density at radius 2 is 1.86 bits per heavy atom. The second-order valence-corrected chi connectivity index (χ2v) is 6.07. The van der Waals surface area contributed by atoms with E-state index < -0.39 is 0 Å². The number of benzene rings is 2. The molecule has 0 spiro atoms. The summed E-state index contributed by atoms with van der Waals surface area (Å²) in [6, 6.07) is 16.1. The van der Waals surface area contributed by atoms with Crippen LogP contribution in [0, 0.1) is 0 Å². The normalized spacial score (nSPS) is 10.4. The third kappa shape index (κ3) is 4.37. The van der Waals surface area contributed by atoms with Gasteiger partial charge in [-0.15, -0.1) is 0 Å². The van der Waals surface area contributed by atoms with Crippen molar-refractivity contribution in [3.63, 3.8) is 0 Å². The Labute approximate surface area is 163 Å². The molecule has 0 aliphatic carbocycles. The molecule has 7 nitrogen and oxygen atoms in total. The highest BCUT2D eigenvalue weighted by atomic mass is 16.5. The fourth-order valence-electron chi connectivity index (χ4n) is 2.80. The van der Waals surface area contributed by atoms with Crippen molar-refractivity contribution in [2.45, 2.75) is 6.92 Å². The van der Waals surface area contributed by atoms with Crippen molar-refractivity contribution in [3.8, 4) is 11.4 Å². The molecule has 3 aromatic rings. The number of likely N-dealkylation sites (N-methyl/N-ethyl adjacent to an activating group) is 1. The van der Waals surface area contributed by atoms with Gasteiger partial charge in [0.1, 0.15) is 12.3 Å². The van der Waals surface area contributed by atoms with Gasteiger partial charge in [-0.05, 0) is 49.4 Å². The quantitative estimate of drug-likeness (QED) is 0.686. The smallest absolute Gasteiger partial charge is 0.254 e. The summed E-state index contributed by atoms with van der Waals surface area (Å²) in [5.74, 6) is 0.0805. The monoisotopic (exact) mass is 378 g/mol. The van der Waals surface area contributed by atoms with E-state index in [2.05, 4.69) is 10.4 Å². The van der Waals surface area contributed by atoms with E-state index in [1.54, 1.807) is 42.3 Å². The number of rotatable bonds is 7. The van der Waals surface area contributed by atoms with E-state index in [1.807, 2.05) is 43.5 Å². The van der Waals surface area contributed by atoms with Gasteiger partial charge in [-0.3, -0.25) is 9.59 Å². The Balaban J connectivity index is 1.67. The average Bonchev–Trinajstić information content (AvgIpc) is 3.27. The Hall–Kier alpha value is -3.61. The van der Waals surface area contributed by atoms with Gasteiger partial charge < -0.3 is 15.0 Å². The van der Waals surface area contributed by atoms with Crippen LogP contribution < -0.4 is 10.1 Å². The fraction of sp³-hybridized carbons (Fsp3) is 0.190. The van der Waals surface area contributed by atoms with Crippen LogP contribution in [0.25, 0.3) is 5.69 Å². The van der Waals surface area contributed by atoms with Crippen molar-refractivity contribution in [1.29, 1.82) is 0 Å². The third-order valence-electron chi connectivity index (χ3n) is 4.27. The lowest BCUT2D eigenvalue weighted by molar-refractivity contribution is -0.116. The van der Waals surface area contributed by atoms with Crippen molar-refractivity contribution < 1.29 is 14.3 Å². The van der Waals surface area contributed by atoms with Crippen molar-refractivity contribution in [1.82, 2.24) is 14.7 Å². The molecule has 0 radical (unpaired) electrons. The van der Waals surface area contributed by atoms with E-state index in [1.165, 1.54) is 4.90 Å². The highest BCUT2D eigenvalue weighted by Crippen LogP contribution is 2.23. The van der Waals surface area contributed by atoms with E-state index in [4.69, 9.17) is 4.74 Å². The summed E-state index contributed by atoms with van der Waals surface area (Å²) >= 11 is 0. The molecule has 1 aromatic heterocycles. The summed E-state index contributed by atoms with van der Waals surface area (Å²) < 4.78 is 6.95. The van der Waals surface area contributed by atoms with Crippen LogP contribution in [0.5, 0.6) is 5.75 Å². The SMILES string of the molecule is CCN(CC(=O)Nc1ccccc1OC)C(=O)c1ccc(-n2cccn2)cc1. The second-order valence-electron chi connectivity index (χ2n) is 6.07. The molecule has 2 aromatic carbocycles. The van der Waals surface area contributed by atoms with Crippen molar-refractivity contribution in [2.24, 2.45) is 0 Å². The summed E-state index contributed by atoms with van der Waals surface area (Å²) in [6.07, 6.45) is 3.52. The number of amides is 2. The maximum Gasteiger partial charge on any atom is 0.254 e. The highest BCUT2D eigenvalue weighted by molar-refractivity contribution is 5.99. The number of para-hydroxylation sites is 2. The first-order valence-corrected chi connectivity index (χ1v) is 8.94. The summed E-state index contributed by atoms with van der Waals surface area (Å²) in [5, 5.41) is 6.95. The van der Waals surface area contributed by atoms with Gasteiger partial charge in [-0.25, -0.2) is 4.68 Å². The van der Waals surface area contributed by atoms with Gasteiger partial charge in [0.25, 0.3) is 5.91 Å². The van der Waals surface area contributed by atoms with Crippen LogP contribution in [-0.2, 0) is 4.79 Å². The number of carbonyl (C=O) groups excluding carboxylic acids is 2. The van der Waals surface area contributed by atoms with E-state index in [-0.39, 0.29) is 18.4 Å². The van der Waals surface area contributed by atoms with Gasteiger partial charge in [0.2, 0.25) is 5.91 Å². The standard InChI is InChI=1S/C21H22N4O3/c1-3-24(15-20(26)23-18-7-4-5-8-19(18)28-2)21(27)16-9-11-17(12-10-16)25-14-6-13-22-25/h4-14H,3,15H2,1-2H3,(H,23,26). The predicted octanol–water partition coefficient (Wildman–Crippen LogP) is 2.98.